The number of hydrogen-bond donors (Lipinski definition) is 3. The Morgan fingerprint density at radius 2 is 1.68 bits per heavy atom. The number of rotatable bonds is 13. The summed E-state index contributed by atoms with van der Waals surface area (Å²) in [6.07, 6.45) is 2.48. The first kappa shape index (κ1) is 31.2. The van der Waals surface area contributed by atoms with Crippen LogP contribution in [0.5, 0.6) is 0 Å². The maximum atomic E-state index is 13.3. The van der Waals surface area contributed by atoms with Gasteiger partial charge in [0.1, 0.15) is 0 Å². The van der Waals surface area contributed by atoms with E-state index >= 15 is 0 Å². The minimum absolute atomic E-state index is 0.0187. The lowest BCUT2D eigenvalue weighted by Crippen LogP contribution is -2.47. The average Bonchev–Trinajstić information content (AvgIpc) is 3.32. The molecule has 0 saturated carbocycles. The molecule has 3 N–H and O–H groups in total. The number of aryl methyl sites for hydroxylation is 1. The van der Waals surface area contributed by atoms with E-state index in [0.717, 1.165) is 34.7 Å². The molecule has 3 aromatic carbocycles. The topological polar surface area (TPSA) is 107 Å². The van der Waals surface area contributed by atoms with E-state index in [-0.39, 0.29) is 35.0 Å². The minimum Gasteiger partial charge on any atom is -0.481 e. The van der Waals surface area contributed by atoms with Crippen molar-refractivity contribution in [3.8, 4) is 11.1 Å². The lowest BCUT2D eigenvalue weighted by Gasteiger charge is -2.31. The largest absolute Gasteiger partial charge is 0.481 e. The normalized spacial score (nSPS) is 14.8. The van der Waals surface area contributed by atoms with Crippen molar-refractivity contribution in [2.45, 2.75) is 62.5 Å². The molecule has 0 fully saturated rings. The first-order valence-corrected chi connectivity index (χ1v) is 15.7. The third-order valence-electron chi connectivity index (χ3n) is 7.78. The zero-order valence-electron chi connectivity index (χ0n) is 23.8. The number of benzene rings is 3. The summed E-state index contributed by atoms with van der Waals surface area (Å²) in [6.45, 7) is 4.43. The molecule has 1 atom stereocenters. The fraction of sp³-hybridized carbons (Fsp3) is 0.406. The van der Waals surface area contributed by atoms with E-state index in [2.05, 4.69) is 43.4 Å². The second-order valence-electron chi connectivity index (χ2n) is 11.6. The number of β-amino-alcohol motifs (C(OH)–C–C–N with tert-alkyl or cyclic N) is 1. The summed E-state index contributed by atoms with van der Waals surface area (Å²) >= 11 is 6.56. The molecular weight excluding hydrogens is 560 g/mol. The molecule has 0 spiro atoms. The molecule has 1 aliphatic rings. The van der Waals surface area contributed by atoms with Crippen LogP contribution in [0.4, 0.5) is 0 Å². The minimum atomic E-state index is -3.91. The van der Waals surface area contributed by atoms with Crippen molar-refractivity contribution in [1.29, 1.82) is 0 Å². The van der Waals surface area contributed by atoms with E-state index < -0.39 is 22.1 Å². The predicted octanol–water partition coefficient (Wildman–Crippen LogP) is 5.18. The lowest BCUT2D eigenvalue weighted by atomic mass is 9.88. The Morgan fingerprint density at radius 3 is 2.32 bits per heavy atom. The highest BCUT2D eigenvalue weighted by atomic mass is 35.5. The molecule has 1 aliphatic carbocycles. The van der Waals surface area contributed by atoms with Gasteiger partial charge in [-0.05, 0) is 79.8 Å². The van der Waals surface area contributed by atoms with Crippen LogP contribution in [0, 0.1) is 5.92 Å². The number of fused-ring (bicyclic) bond motifs is 1. The number of sulfonamides is 1. The SMILES string of the molecule is CN(CC(O)CNC(C)(C)CC1Cc2ccccc2C1)S(=O)(=O)c1ccc(-c2ccccc2CCC(=O)O)c(Cl)c1. The summed E-state index contributed by atoms with van der Waals surface area (Å²) in [5.74, 6) is -0.358. The van der Waals surface area contributed by atoms with Crippen LogP contribution < -0.4 is 5.32 Å². The molecule has 0 saturated heterocycles. The molecule has 1 unspecified atom stereocenters. The molecule has 4 rings (SSSR count). The van der Waals surface area contributed by atoms with Crippen molar-refractivity contribution in [2.75, 3.05) is 20.1 Å². The van der Waals surface area contributed by atoms with Crippen molar-refractivity contribution in [1.82, 2.24) is 9.62 Å². The smallest absolute Gasteiger partial charge is 0.303 e. The molecule has 0 radical (unpaired) electrons. The van der Waals surface area contributed by atoms with E-state index in [1.54, 1.807) is 6.07 Å². The van der Waals surface area contributed by atoms with Gasteiger partial charge in [-0.15, -0.1) is 0 Å². The lowest BCUT2D eigenvalue weighted by molar-refractivity contribution is -0.136. The number of carboxylic acid groups (broad SMARTS) is 1. The molecular formula is C32H39ClN2O5S. The zero-order valence-corrected chi connectivity index (χ0v) is 25.4. The third-order valence-corrected chi connectivity index (χ3v) is 9.92. The number of nitrogens with zero attached hydrogens (tertiary/aromatic N) is 1. The van der Waals surface area contributed by atoms with Gasteiger partial charge in [0.2, 0.25) is 10.0 Å². The van der Waals surface area contributed by atoms with Crippen LogP contribution in [0.2, 0.25) is 5.02 Å². The van der Waals surface area contributed by atoms with E-state index in [0.29, 0.717) is 17.9 Å². The Balaban J connectivity index is 1.35. The van der Waals surface area contributed by atoms with E-state index in [9.17, 15) is 18.3 Å². The van der Waals surface area contributed by atoms with Gasteiger partial charge in [0.05, 0.1) is 11.0 Å². The average molecular weight is 599 g/mol. The maximum absolute atomic E-state index is 13.3. The van der Waals surface area contributed by atoms with Gasteiger partial charge in [0, 0.05) is 42.7 Å². The molecule has 0 aliphatic heterocycles. The number of carboxylic acids is 1. The first-order valence-electron chi connectivity index (χ1n) is 13.9. The number of aliphatic hydroxyl groups excluding tert-OH is 1. The van der Waals surface area contributed by atoms with Crippen LogP contribution in [0.25, 0.3) is 11.1 Å². The van der Waals surface area contributed by atoms with Crippen LogP contribution in [0.15, 0.2) is 71.6 Å². The zero-order chi connectivity index (χ0) is 29.8. The van der Waals surface area contributed by atoms with Crippen molar-refractivity contribution in [3.63, 3.8) is 0 Å². The molecule has 220 valence electrons. The maximum Gasteiger partial charge on any atom is 0.303 e. The first-order chi connectivity index (χ1) is 19.4. The number of halogens is 1. The third kappa shape index (κ3) is 7.96. The highest BCUT2D eigenvalue weighted by Gasteiger charge is 2.29. The van der Waals surface area contributed by atoms with Crippen LogP contribution in [-0.2, 0) is 34.1 Å². The Morgan fingerprint density at radius 1 is 1.05 bits per heavy atom. The van der Waals surface area contributed by atoms with Crippen LogP contribution in [-0.4, -0.2) is 60.7 Å². The highest BCUT2D eigenvalue weighted by molar-refractivity contribution is 7.89. The van der Waals surface area contributed by atoms with E-state index in [4.69, 9.17) is 16.7 Å². The summed E-state index contributed by atoms with van der Waals surface area (Å²) in [6, 6.07) is 20.4. The van der Waals surface area contributed by atoms with Crippen molar-refractivity contribution < 1.29 is 23.4 Å². The molecule has 0 bridgehead atoms. The van der Waals surface area contributed by atoms with Gasteiger partial charge in [-0.2, -0.15) is 4.31 Å². The van der Waals surface area contributed by atoms with Gasteiger partial charge < -0.3 is 15.5 Å². The van der Waals surface area contributed by atoms with Gasteiger partial charge in [-0.25, -0.2) is 8.42 Å². The number of aliphatic hydroxyl groups is 1. The Labute approximate surface area is 248 Å². The number of hydrogen-bond acceptors (Lipinski definition) is 5. The number of aliphatic carboxylic acids is 1. The summed E-state index contributed by atoms with van der Waals surface area (Å²) in [5.41, 5.74) is 4.83. The van der Waals surface area contributed by atoms with Gasteiger partial charge >= 0.3 is 5.97 Å². The van der Waals surface area contributed by atoms with Crippen LogP contribution in [0.1, 0.15) is 43.4 Å². The van der Waals surface area contributed by atoms with Gasteiger partial charge in [0.25, 0.3) is 0 Å². The Hall–Kier alpha value is -2.75. The van der Waals surface area contributed by atoms with Crippen LogP contribution in [0.3, 0.4) is 0 Å². The van der Waals surface area contributed by atoms with Crippen molar-refractivity contribution >= 4 is 27.6 Å². The quantitative estimate of drug-likeness (QED) is 0.250. The number of nitrogens with one attached hydrogen (secondary N) is 1. The van der Waals surface area contributed by atoms with E-state index in [1.807, 2.05) is 24.3 Å². The monoisotopic (exact) mass is 598 g/mol. The molecule has 0 aromatic heterocycles. The predicted molar refractivity (Wildman–Crippen MR) is 163 cm³/mol. The van der Waals surface area contributed by atoms with Crippen molar-refractivity contribution in [2.24, 2.45) is 5.92 Å². The highest BCUT2D eigenvalue weighted by Crippen LogP contribution is 2.34. The molecule has 0 heterocycles. The molecule has 3 aromatic rings. The molecule has 9 heteroatoms. The van der Waals surface area contributed by atoms with Crippen molar-refractivity contribution in [3.05, 3.63) is 88.4 Å². The van der Waals surface area contributed by atoms with Gasteiger partial charge in [-0.1, -0.05) is 66.2 Å². The fourth-order valence-electron chi connectivity index (χ4n) is 5.74. The number of likely N-dealkylation sites (N-methyl/N-ethyl adjacent to an activating group) is 1. The molecule has 7 nitrogen and oxygen atoms in total. The Bertz CT molecular complexity index is 1470. The van der Waals surface area contributed by atoms with E-state index in [1.165, 1.54) is 30.3 Å². The van der Waals surface area contributed by atoms with Gasteiger partial charge in [-0.3, -0.25) is 4.79 Å². The standard InChI is InChI=1S/C32H39ClN2O5S/c1-32(2,19-22-16-24-9-4-5-10-25(24)17-22)34-20-26(36)21-35(3)41(39,40)27-13-14-29(30(33)18-27)28-11-7-6-8-23(28)12-15-31(37)38/h4-11,13-14,18,22,26,34,36H,12,15-17,19-21H2,1-3H3,(H,37,38). The van der Waals surface area contributed by atoms with Gasteiger partial charge in [0.15, 0.2) is 0 Å². The second kappa shape index (κ2) is 13.0. The summed E-state index contributed by atoms with van der Waals surface area (Å²) in [5, 5.41) is 23.5. The number of carbonyl (C=O) groups is 1. The Kier molecular flexibility index (Phi) is 9.93. The summed E-state index contributed by atoms with van der Waals surface area (Å²) in [4.78, 5) is 11.1. The van der Waals surface area contributed by atoms with Crippen LogP contribution >= 0.6 is 11.6 Å². The molecule has 41 heavy (non-hydrogen) atoms. The molecule has 0 amide bonds. The second-order valence-corrected chi connectivity index (χ2v) is 14.1. The summed E-state index contributed by atoms with van der Waals surface area (Å²) in [7, 11) is -2.46. The fourth-order valence-corrected chi connectivity index (χ4v) is 7.32. The summed E-state index contributed by atoms with van der Waals surface area (Å²) < 4.78 is 27.8.